The van der Waals surface area contributed by atoms with Crippen molar-refractivity contribution in [3.05, 3.63) is 82.8 Å². The second-order valence-electron chi connectivity index (χ2n) is 5.61. The van der Waals surface area contributed by atoms with E-state index in [1.54, 1.807) is 18.2 Å². The van der Waals surface area contributed by atoms with E-state index in [4.69, 9.17) is 0 Å². The molecule has 0 saturated heterocycles. The van der Waals surface area contributed by atoms with Crippen LogP contribution in [-0.4, -0.2) is 29.6 Å². The maximum Gasteiger partial charge on any atom is 0.330 e. The van der Waals surface area contributed by atoms with Gasteiger partial charge in [-0.25, -0.2) is 4.79 Å². The smallest absolute Gasteiger partial charge is 0.330 e. The van der Waals surface area contributed by atoms with Crippen LogP contribution in [0.15, 0.2) is 60.4 Å². The number of aromatic nitrogens is 1. The second-order valence-corrected chi connectivity index (χ2v) is 5.61. The van der Waals surface area contributed by atoms with Crippen LogP contribution in [0.4, 0.5) is 0 Å². The maximum atomic E-state index is 12.5. The van der Waals surface area contributed by atoms with Crippen LogP contribution in [0, 0.1) is 0 Å². The first kappa shape index (κ1) is 17.3. The predicted octanol–water partition coefficient (Wildman–Crippen LogP) is 2.32. The number of benzene rings is 1. The van der Waals surface area contributed by atoms with Crippen LogP contribution < -0.4 is 5.32 Å². The molecule has 0 bridgehead atoms. The zero-order valence-corrected chi connectivity index (χ0v) is 14.1. The Morgan fingerprint density at radius 1 is 1.23 bits per heavy atom. The van der Waals surface area contributed by atoms with Crippen LogP contribution in [0.25, 0.3) is 6.08 Å². The highest BCUT2D eigenvalue weighted by Crippen LogP contribution is 2.18. The Labute approximate surface area is 150 Å². The van der Waals surface area contributed by atoms with Gasteiger partial charge in [0.15, 0.2) is 5.78 Å². The van der Waals surface area contributed by atoms with Crippen molar-refractivity contribution >= 4 is 23.6 Å². The maximum absolute atomic E-state index is 12.5. The summed E-state index contributed by atoms with van der Waals surface area (Å²) in [5, 5.41) is 3.00. The van der Waals surface area contributed by atoms with E-state index in [-0.39, 0.29) is 23.0 Å². The first-order valence-electron chi connectivity index (χ1n) is 7.93. The molecule has 0 saturated carbocycles. The number of nitrogens with one attached hydrogen (secondary N) is 1. The van der Waals surface area contributed by atoms with Gasteiger partial charge >= 0.3 is 5.97 Å². The van der Waals surface area contributed by atoms with Crippen LogP contribution >= 0.6 is 0 Å². The molecule has 0 radical (unpaired) electrons. The molecule has 3 rings (SSSR count). The van der Waals surface area contributed by atoms with Crippen LogP contribution in [0.1, 0.15) is 32.0 Å². The van der Waals surface area contributed by atoms with E-state index < -0.39 is 5.97 Å². The van der Waals surface area contributed by atoms with E-state index in [0.717, 1.165) is 11.1 Å². The highest BCUT2D eigenvalue weighted by atomic mass is 16.5. The Balaban J connectivity index is 1.72. The summed E-state index contributed by atoms with van der Waals surface area (Å²) in [4.78, 5) is 39.8. The largest absolute Gasteiger partial charge is 0.466 e. The number of ether oxygens (including phenoxy) is 1. The van der Waals surface area contributed by atoms with Gasteiger partial charge in [-0.1, -0.05) is 18.2 Å². The molecule has 1 heterocycles. The van der Waals surface area contributed by atoms with E-state index in [1.807, 2.05) is 24.3 Å². The van der Waals surface area contributed by atoms with Crippen molar-refractivity contribution in [1.82, 2.24) is 10.3 Å². The van der Waals surface area contributed by atoms with Crippen molar-refractivity contribution in [2.75, 3.05) is 7.11 Å². The lowest BCUT2D eigenvalue weighted by Crippen LogP contribution is -2.27. The summed E-state index contributed by atoms with van der Waals surface area (Å²) in [6, 6.07) is 10.7. The first-order chi connectivity index (χ1) is 12.6. The van der Waals surface area contributed by atoms with Crippen molar-refractivity contribution in [3.63, 3.8) is 0 Å². The van der Waals surface area contributed by atoms with Crippen molar-refractivity contribution in [3.8, 4) is 0 Å². The van der Waals surface area contributed by atoms with Gasteiger partial charge < -0.3 is 10.1 Å². The Morgan fingerprint density at radius 3 is 2.88 bits per heavy atom. The highest BCUT2D eigenvalue weighted by molar-refractivity contribution is 6.23. The van der Waals surface area contributed by atoms with E-state index in [1.165, 1.54) is 25.5 Å². The summed E-state index contributed by atoms with van der Waals surface area (Å²) in [7, 11) is 1.32. The normalized spacial score (nSPS) is 13.3. The number of hydrogen-bond donors (Lipinski definition) is 1. The third-order valence-corrected chi connectivity index (χ3v) is 3.86. The molecule has 26 heavy (non-hydrogen) atoms. The molecular formula is C20H16N2O4. The summed E-state index contributed by atoms with van der Waals surface area (Å²) < 4.78 is 4.56. The number of methoxy groups -OCH3 is 1. The molecule has 1 aromatic carbocycles. The van der Waals surface area contributed by atoms with Crippen LogP contribution in [0.3, 0.4) is 0 Å². The topological polar surface area (TPSA) is 85.4 Å². The SMILES string of the molecule is COC(=O)/C=C/c1cccc(CNC2=CC(=O)c3cccnc3C2=O)c1. The number of fused-ring (bicyclic) bond motifs is 1. The van der Waals surface area contributed by atoms with Gasteiger partial charge in [-0.2, -0.15) is 0 Å². The minimum Gasteiger partial charge on any atom is -0.466 e. The van der Waals surface area contributed by atoms with Crippen molar-refractivity contribution < 1.29 is 19.1 Å². The van der Waals surface area contributed by atoms with E-state index in [9.17, 15) is 14.4 Å². The van der Waals surface area contributed by atoms with Crippen LogP contribution in [0.2, 0.25) is 0 Å². The highest BCUT2D eigenvalue weighted by Gasteiger charge is 2.26. The number of hydrogen-bond acceptors (Lipinski definition) is 6. The number of Topliss-reactive ketones (excluding diaryl/α,β-unsaturated/α-hetero) is 1. The summed E-state index contributed by atoms with van der Waals surface area (Å²) >= 11 is 0. The molecule has 1 aromatic heterocycles. The van der Waals surface area contributed by atoms with Gasteiger partial charge in [0.1, 0.15) is 5.69 Å². The van der Waals surface area contributed by atoms with Crippen molar-refractivity contribution in [1.29, 1.82) is 0 Å². The number of nitrogens with zero attached hydrogens (tertiary/aromatic N) is 1. The fourth-order valence-corrected chi connectivity index (χ4v) is 2.55. The lowest BCUT2D eigenvalue weighted by atomic mass is 9.97. The molecule has 0 spiro atoms. The van der Waals surface area contributed by atoms with Gasteiger partial charge in [0.2, 0.25) is 5.78 Å². The van der Waals surface area contributed by atoms with Gasteiger partial charge in [-0.05, 0) is 35.4 Å². The zero-order chi connectivity index (χ0) is 18.5. The fraction of sp³-hybridized carbons (Fsp3) is 0.100. The third-order valence-electron chi connectivity index (χ3n) is 3.86. The number of allylic oxidation sites excluding steroid dienone is 2. The van der Waals surface area contributed by atoms with E-state index >= 15 is 0 Å². The molecule has 130 valence electrons. The molecule has 1 N–H and O–H groups in total. The quantitative estimate of drug-likeness (QED) is 0.659. The summed E-state index contributed by atoms with van der Waals surface area (Å²) in [6.07, 6.45) is 5.77. The minimum atomic E-state index is -0.434. The van der Waals surface area contributed by atoms with Gasteiger partial charge in [-0.3, -0.25) is 14.6 Å². The van der Waals surface area contributed by atoms with Crippen molar-refractivity contribution in [2.24, 2.45) is 0 Å². The lowest BCUT2D eigenvalue weighted by Gasteiger charge is -2.15. The van der Waals surface area contributed by atoms with Crippen molar-refractivity contribution in [2.45, 2.75) is 6.54 Å². The number of pyridine rings is 1. The zero-order valence-electron chi connectivity index (χ0n) is 14.1. The Hall–Kier alpha value is -3.54. The number of carbonyl (C=O) groups excluding carboxylic acids is 3. The third kappa shape index (κ3) is 3.75. The fourth-order valence-electron chi connectivity index (χ4n) is 2.55. The summed E-state index contributed by atoms with van der Waals surface area (Å²) in [6.45, 7) is 0.354. The summed E-state index contributed by atoms with van der Waals surface area (Å²) in [5.74, 6) is -0.983. The van der Waals surface area contributed by atoms with Gasteiger partial charge in [0, 0.05) is 24.9 Å². The molecule has 6 nitrogen and oxygen atoms in total. The Morgan fingerprint density at radius 2 is 2.08 bits per heavy atom. The molecule has 0 aliphatic heterocycles. The molecule has 0 fully saturated rings. The van der Waals surface area contributed by atoms with E-state index in [2.05, 4.69) is 15.0 Å². The summed E-state index contributed by atoms with van der Waals surface area (Å²) in [5.41, 5.74) is 2.42. The number of rotatable bonds is 5. The molecule has 0 amide bonds. The van der Waals surface area contributed by atoms with Crippen LogP contribution in [0.5, 0.6) is 0 Å². The predicted molar refractivity (Wildman–Crippen MR) is 95.3 cm³/mol. The van der Waals surface area contributed by atoms with Gasteiger partial charge in [0.25, 0.3) is 0 Å². The number of ketones is 2. The molecule has 6 heteroatoms. The first-order valence-corrected chi connectivity index (χ1v) is 7.93. The molecule has 2 aromatic rings. The molecule has 0 unspecified atom stereocenters. The monoisotopic (exact) mass is 348 g/mol. The standard InChI is InChI=1S/C20H16N2O4/c1-26-18(24)8-7-13-4-2-5-14(10-13)12-22-16-11-17(23)15-6-3-9-21-19(15)20(16)25/h2-11,22H,12H2,1H3/b8-7+. The Bertz CT molecular complexity index is 944. The molecule has 1 aliphatic rings. The van der Waals surface area contributed by atoms with Gasteiger partial charge in [0.05, 0.1) is 18.4 Å². The average molecular weight is 348 g/mol. The van der Waals surface area contributed by atoms with Gasteiger partial charge in [-0.15, -0.1) is 0 Å². The molecule has 0 atom stereocenters. The average Bonchev–Trinajstić information content (AvgIpc) is 2.68. The molecular weight excluding hydrogens is 332 g/mol. The van der Waals surface area contributed by atoms with Crippen LogP contribution in [-0.2, 0) is 16.1 Å². The Kier molecular flexibility index (Phi) is 5.03. The lowest BCUT2D eigenvalue weighted by molar-refractivity contribution is -0.134. The number of carbonyl (C=O) groups is 3. The molecule has 1 aliphatic carbocycles. The number of esters is 1. The minimum absolute atomic E-state index is 0.164. The van der Waals surface area contributed by atoms with E-state index in [0.29, 0.717) is 12.1 Å². The second kappa shape index (κ2) is 7.57.